The van der Waals surface area contributed by atoms with Gasteiger partial charge in [-0.1, -0.05) is 23.3 Å². The van der Waals surface area contributed by atoms with Gasteiger partial charge in [0.15, 0.2) is 0 Å². The molecule has 0 aromatic carbocycles. The van der Waals surface area contributed by atoms with Crippen molar-refractivity contribution in [1.82, 2.24) is 10.9 Å². The van der Waals surface area contributed by atoms with Gasteiger partial charge in [0.05, 0.1) is 11.8 Å². The Bertz CT molecular complexity index is 420. The molecule has 2 aliphatic rings. The van der Waals surface area contributed by atoms with Gasteiger partial charge in [0.1, 0.15) is 0 Å². The lowest BCUT2D eigenvalue weighted by Gasteiger charge is -2.34. The molecule has 0 unspecified atom stereocenters. The lowest BCUT2D eigenvalue weighted by Crippen LogP contribution is -2.57. The summed E-state index contributed by atoms with van der Waals surface area (Å²) in [4.78, 5) is 23.4. The predicted molar refractivity (Wildman–Crippen MR) is 69.2 cm³/mol. The molecule has 1 saturated carbocycles. The van der Waals surface area contributed by atoms with Crippen LogP contribution >= 0.6 is 0 Å². The van der Waals surface area contributed by atoms with Gasteiger partial charge in [0, 0.05) is 0 Å². The minimum atomic E-state index is -0.176. The molecule has 1 heterocycles. The van der Waals surface area contributed by atoms with Crippen molar-refractivity contribution < 1.29 is 9.59 Å². The molecule has 0 aromatic heterocycles. The third-order valence-corrected chi connectivity index (χ3v) is 3.66. The van der Waals surface area contributed by atoms with Crippen molar-refractivity contribution in [3.63, 3.8) is 0 Å². The maximum absolute atomic E-state index is 11.7. The lowest BCUT2D eigenvalue weighted by molar-refractivity contribution is -0.144. The van der Waals surface area contributed by atoms with Gasteiger partial charge in [-0.05, 0) is 39.5 Å². The van der Waals surface area contributed by atoms with Crippen LogP contribution < -0.4 is 10.9 Å². The average molecular weight is 248 g/mol. The Morgan fingerprint density at radius 2 is 1.89 bits per heavy atom. The van der Waals surface area contributed by atoms with Crippen LogP contribution in [-0.4, -0.2) is 11.8 Å². The molecular weight excluding hydrogens is 228 g/mol. The minimum Gasteiger partial charge on any atom is -0.273 e. The first-order valence-corrected chi connectivity index (χ1v) is 6.49. The SMILES string of the molecule is CC(C)=CC/C=C1\CC[C@H]2C(=O)NNC(=O)[C@@H]2C1. The van der Waals surface area contributed by atoms with Gasteiger partial charge in [-0.2, -0.15) is 0 Å². The highest BCUT2D eigenvalue weighted by Gasteiger charge is 2.40. The topological polar surface area (TPSA) is 58.2 Å². The van der Waals surface area contributed by atoms with Crippen LogP contribution in [0.1, 0.15) is 39.5 Å². The van der Waals surface area contributed by atoms with E-state index in [-0.39, 0.29) is 23.7 Å². The summed E-state index contributed by atoms with van der Waals surface area (Å²) in [5.41, 5.74) is 7.49. The third-order valence-electron chi connectivity index (χ3n) is 3.66. The summed E-state index contributed by atoms with van der Waals surface area (Å²) in [6, 6.07) is 0. The van der Waals surface area contributed by atoms with E-state index in [9.17, 15) is 9.59 Å². The lowest BCUT2D eigenvalue weighted by atomic mass is 9.75. The zero-order valence-corrected chi connectivity index (χ0v) is 11.0. The van der Waals surface area contributed by atoms with Crippen LogP contribution in [0.2, 0.25) is 0 Å². The van der Waals surface area contributed by atoms with E-state index < -0.39 is 0 Å². The summed E-state index contributed by atoms with van der Waals surface area (Å²) in [6.45, 7) is 4.16. The number of carbonyl (C=O) groups is 2. The van der Waals surface area contributed by atoms with E-state index in [1.165, 1.54) is 11.1 Å². The fourth-order valence-electron chi connectivity index (χ4n) is 2.61. The van der Waals surface area contributed by atoms with Gasteiger partial charge < -0.3 is 0 Å². The summed E-state index contributed by atoms with van der Waals surface area (Å²) in [5.74, 6) is -0.403. The molecule has 0 aromatic rings. The Morgan fingerprint density at radius 1 is 1.22 bits per heavy atom. The van der Waals surface area contributed by atoms with E-state index in [4.69, 9.17) is 0 Å². The number of amides is 2. The van der Waals surface area contributed by atoms with Crippen molar-refractivity contribution in [3.05, 3.63) is 23.3 Å². The largest absolute Gasteiger partial charge is 0.273 e. The first-order chi connectivity index (χ1) is 8.58. The highest BCUT2D eigenvalue weighted by Crippen LogP contribution is 2.35. The molecule has 2 atom stereocenters. The Balaban J connectivity index is 2.02. The number of hydrazine groups is 1. The maximum Gasteiger partial charge on any atom is 0.242 e. The number of fused-ring (bicyclic) bond motifs is 1. The molecule has 2 fully saturated rings. The van der Waals surface area contributed by atoms with Crippen LogP contribution in [0.3, 0.4) is 0 Å². The molecule has 0 radical (unpaired) electrons. The van der Waals surface area contributed by atoms with Crippen LogP contribution in [0.4, 0.5) is 0 Å². The number of rotatable bonds is 2. The Morgan fingerprint density at radius 3 is 2.56 bits per heavy atom. The number of carbonyl (C=O) groups excluding carboxylic acids is 2. The standard InChI is InChI=1S/C14H20N2O2/c1-9(2)4-3-5-10-6-7-11-12(8-10)14(18)16-15-13(11)17/h4-5,11-12H,3,6-8H2,1-2H3,(H,15,17)(H,16,18)/b10-5+/t11-,12-/m1/s1. The van der Waals surface area contributed by atoms with Gasteiger partial charge in [-0.15, -0.1) is 0 Å². The number of allylic oxidation sites excluding steroid dienone is 4. The van der Waals surface area contributed by atoms with E-state index in [1.807, 2.05) is 0 Å². The first-order valence-electron chi connectivity index (χ1n) is 6.49. The van der Waals surface area contributed by atoms with E-state index in [0.29, 0.717) is 0 Å². The zero-order chi connectivity index (χ0) is 13.1. The molecule has 1 aliphatic carbocycles. The predicted octanol–water partition coefficient (Wildman–Crippen LogP) is 1.85. The van der Waals surface area contributed by atoms with E-state index in [0.717, 1.165) is 25.7 Å². The molecule has 98 valence electrons. The van der Waals surface area contributed by atoms with Gasteiger partial charge in [0.25, 0.3) is 0 Å². The number of nitrogens with one attached hydrogen (secondary N) is 2. The maximum atomic E-state index is 11.7. The van der Waals surface area contributed by atoms with Crippen LogP contribution in [0.5, 0.6) is 0 Å². The molecule has 2 rings (SSSR count). The van der Waals surface area contributed by atoms with Crippen LogP contribution in [0.25, 0.3) is 0 Å². The van der Waals surface area contributed by atoms with Gasteiger partial charge in [-0.25, -0.2) is 0 Å². The zero-order valence-electron chi connectivity index (χ0n) is 11.0. The molecule has 0 bridgehead atoms. The normalized spacial score (nSPS) is 29.3. The molecule has 1 saturated heterocycles. The Hall–Kier alpha value is -1.58. The van der Waals surface area contributed by atoms with Crippen molar-refractivity contribution in [1.29, 1.82) is 0 Å². The molecule has 4 heteroatoms. The molecule has 18 heavy (non-hydrogen) atoms. The van der Waals surface area contributed by atoms with Crippen molar-refractivity contribution in [2.24, 2.45) is 11.8 Å². The highest BCUT2D eigenvalue weighted by molar-refractivity contribution is 5.93. The first kappa shape index (κ1) is 12.9. The van der Waals surface area contributed by atoms with Crippen molar-refractivity contribution in [3.8, 4) is 0 Å². The quantitative estimate of drug-likeness (QED) is 0.733. The van der Waals surface area contributed by atoms with Gasteiger partial charge in [-0.3, -0.25) is 20.4 Å². The summed E-state index contributed by atoms with van der Waals surface area (Å²) < 4.78 is 0. The Labute approximate surface area is 107 Å². The van der Waals surface area contributed by atoms with Crippen molar-refractivity contribution in [2.45, 2.75) is 39.5 Å². The second-order valence-electron chi connectivity index (χ2n) is 5.31. The molecule has 4 nitrogen and oxygen atoms in total. The second kappa shape index (κ2) is 5.38. The summed E-state index contributed by atoms with van der Waals surface area (Å²) >= 11 is 0. The molecule has 2 amide bonds. The summed E-state index contributed by atoms with van der Waals surface area (Å²) in [5, 5.41) is 0. The van der Waals surface area contributed by atoms with Gasteiger partial charge >= 0.3 is 0 Å². The number of hydrogen-bond acceptors (Lipinski definition) is 2. The second-order valence-corrected chi connectivity index (χ2v) is 5.31. The van der Waals surface area contributed by atoms with Gasteiger partial charge in [0.2, 0.25) is 11.8 Å². The fraction of sp³-hybridized carbons (Fsp3) is 0.571. The minimum absolute atomic E-state index is 0.0389. The monoisotopic (exact) mass is 248 g/mol. The smallest absolute Gasteiger partial charge is 0.242 e. The molecule has 2 N–H and O–H groups in total. The highest BCUT2D eigenvalue weighted by atomic mass is 16.2. The molecular formula is C14H20N2O2. The molecule has 1 aliphatic heterocycles. The molecule has 0 spiro atoms. The van der Waals surface area contributed by atoms with E-state index >= 15 is 0 Å². The van der Waals surface area contributed by atoms with Crippen molar-refractivity contribution >= 4 is 11.8 Å². The third kappa shape index (κ3) is 2.81. The average Bonchev–Trinajstić information content (AvgIpc) is 2.34. The van der Waals surface area contributed by atoms with E-state index in [2.05, 4.69) is 36.9 Å². The van der Waals surface area contributed by atoms with Crippen LogP contribution in [0, 0.1) is 11.8 Å². The Kier molecular flexibility index (Phi) is 3.84. The number of hydrogen-bond donors (Lipinski definition) is 2. The fourth-order valence-corrected chi connectivity index (χ4v) is 2.61. The van der Waals surface area contributed by atoms with Crippen molar-refractivity contribution in [2.75, 3.05) is 0 Å². The van der Waals surface area contributed by atoms with Crippen LogP contribution in [0.15, 0.2) is 23.3 Å². The summed E-state index contributed by atoms with van der Waals surface area (Å²) in [6.07, 6.45) is 7.72. The summed E-state index contributed by atoms with van der Waals surface area (Å²) in [7, 11) is 0. The van der Waals surface area contributed by atoms with Crippen LogP contribution in [-0.2, 0) is 9.59 Å². The van der Waals surface area contributed by atoms with E-state index in [1.54, 1.807) is 0 Å².